The first-order valence-corrected chi connectivity index (χ1v) is 6.53. The molecule has 9 heteroatoms. The number of hydrogen-bond donors (Lipinski definition) is 3. The number of benzene rings is 1. The van der Waals surface area contributed by atoms with E-state index in [-0.39, 0.29) is 0 Å². The van der Waals surface area contributed by atoms with E-state index in [1.165, 1.54) is 6.92 Å². The van der Waals surface area contributed by atoms with Gasteiger partial charge in [0.15, 0.2) is 11.6 Å². The lowest BCUT2D eigenvalue weighted by atomic mass is 10.2. The summed E-state index contributed by atoms with van der Waals surface area (Å²) in [5.41, 5.74) is -0.698. The molecular weight excluding hydrogens is 284 g/mol. The molecule has 0 aliphatic rings. The number of hydrogen-bond acceptors (Lipinski definition) is 4. The molecule has 1 rings (SSSR count). The summed E-state index contributed by atoms with van der Waals surface area (Å²) in [5, 5.41) is 17.4. The summed E-state index contributed by atoms with van der Waals surface area (Å²) < 4.78 is 51.9. The SMILES string of the molecule is C[C@@H](CO)NS(=O)(=O)c1cc(C(=O)O)cc(F)c1F. The summed E-state index contributed by atoms with van der Waals surface area (Å²) in [6, 6.07) is -0.0415. The van der Waals surface area contributed by atoms with Gasteiger partial charge in [0, 0.05) is 6.04 Å². The molecule has 0 fully saturated rings. The van der Waals surface area contributed by atoms with Gasteiger partial charge >= 0.3 is 5.97 Å². The highest BCUT2D eigenvalue weighted by atomic mass is 32.2. The van der Waals surface area contributed by atoms with Gasteiger partial charge in [0.05, 0.1) is 12.2 Å². The van der Waals surface area contributed by atoms with E-state index in [0.29, 0.717) is 12.1 Å². The molecule has 106 valence electrons. The first kappa shape index (κ1) is 15.5. The summed E-state index contributed by atoms with van der Waals surface area (Å²) >= 11 is 0. The van der Waals surface area contributed by atoms with Crippen LogP contribution in [0.3, 0.4) is 0 Å². The highest BCUT2D eigenvalue weighted by Crippen LogP contribution is 2.20. The molecule has 0 aromatic heterocycles. The normalized spacial score (nSPS) is 13.3. The first-order chi connectivity index (χ1) is 8.69. The van der Waals surface area contributed by atoms with Gasteiger partial charge < -0.3 is 10.2 Å². The zero-order valence-corrected chi connectivity index (χ0v) is 10.5. The van der Waals surface area contributed by atoms with Crippen LogP contribution < -0.4 is 4.72 Å². The van der Waals surface area contributed by atoms with Gasteiger partial charge in [-0.2, -0.15) is 0 Å². The van der Waals surface area contributed by atoms with Gasteiger partial charge in [-0.3, -0.25) is 0 Å². The highest BCUT2D eigenvalue weighted by Gasteiger charge is 2.25. The maximum absolute atomic E-state index is 13.4. The molecule has 1 atom stereocenters. The second-order valence-corrected chi connectivity index (χ2v) is 5.46. The van der Waals surface area contributed by atoms with Crippen LogP contribution in [0.2, 0.25) is 0 Å². The number of rotatable bonds is 5. The Bertz CT molecular complexity index is 602. The van der Waals surface area contributed by atoms with Crippen LogP contribution >= 0.6 is 0 Å². The van der Waals surface area contributed by atoms with Crippen molar-refractivity contribution in [2.75, 3.05) is 6.61 Å². The van der Waals surface area contributed by atoms with Crippen molar-refractivity contribution in [3.05, 3.63) is 29.3 Å². The van der Waals surface area contributed by atoms with Crippen molar-refractivity contribution in [2.24, 2.45) is 0 Å². The van der Waals surface area contributed by atoms with Crippen LogP contribution in [0.5, 0.6) is 0 Å². The standard InChI is InChI=1S/C10H11F2NO5S/c1-5(4-14)13-19(17,18)8-3-6(10(15)16)2-7(11)9(8)12/h2-3,5,13-14H,4H2,1H3,(H,15,16)/t5-/m0/s1. The second-order valence-electron chi connectivity index (χ2n) is 3.78. The van der Waals surface area contributed by atoms with Gasteiger partial charge in [-0.15, -0.1) is 0 Å². The molecule has 0 aliphatic heterocycles. The summed E-state index contributed by atoms with van der Waals surface area (Å²) in [7, 11) is -4.47. The van der Waals surface area contributed by atoms with E-state index in [4.69, 9.17) is 10.2 Å². The maximum Gasteiger partial charge on any atom is 0.335 e. The summed E-state index contributed by atoms with van der Waals surface area (Å²) in [6.07, 6.45) is 0. The zero-order valence-electron chi connectivity index (χ0n) is 9.72. The van der Waals surface area contributed by atoms with E-state index in [1.54, 1.807) is 0 Å². The third kappa shape index (κ3) is 3.46. The van der Waals surface area contributed by atoms with Crippen LogP contribution in [0.15, 0.2) is 17.0 Å². The number of halogens is 2. The lowest BCUT2D eigenvalue weighted by Gasteiger charge is -2.12. The van der Waals surface area contributed by atoms with Gasteiger partial charge in [-0.25, -0.2) is 26.7 Å². The molecule has 0 saturated carbocycles. The number of aliphatic hydroxyl groups excluding tert-OH is 1. The molecule has 3 N–H and O–H groups in total. The van der Waals surface area contributed by atoms with E-state index in [9.17, 15) is 22.0 Å². The molecule has 0 heterocycles. The molecule has 1 aromatic carbocycles. The van der Waals surface area contributed by atoms with Gasteiger partial charge in [0.25, 0.3) is 0 Å². The van der Waals surface area contributed by atoms with Gasteiger partial charge in [-0.05, 0) is 19.1 Å². The monoisotopic (exact) mass is 295 g/mol. The molecule has 0 bridgehead atoms. The van der Waals surface area contributed by atoms with E-state index in [2.05, 4.69) is 0 Å². The molecule has 0 saturated heterocycles. The van der Waals surface area contributed by atoms with Crippen LogP contribution in [-0.4, -0.2) is 37.2 Å². The van der Waals surface area contributed by atoms with Crippen LogP contribution in [0.1, 0.15) is 17.3 Å². The quantitative estimate of drug-likeness (QED) is 0.726. The Hall–Kier alpha value is -1.58. The molecule has 0 amide bonds. The fourth-order valence-corrected chi connectivity index (χ4v) is 2.60. The van der Waals surface area contributed by atoms with Crippen molar-refractivity contribution < 1.29 is 32.2 Å². The van der Waals surface area contributed by atoms with Gasteiger partial charge in [-0.1, -0.05) is 0 Å². The first-order valence-electron chi connectivity index (χ1n) is 5.04. The summed E-state index contributed by atoms with van der Waals surface area (Å²) in [4.78, 5) is 9.56. The molecule has 0 radical (unpaired) electrons. The number of aliphatic hydroxyl groups is 1. The molecular formula is C10H11F2NO5S. The van der Waals surface area contributed by atoms with E-state index in [1.807, 2.05) is 4.72 Å². The van der Waals surface area contributed by atoms with E-state index in [0.717, 1.165) is 0 Å². The van der Waals surface area contributed by atoms with E-state index < -0.39 is 50.7 Å². The van der Waals surface area contributed by atoms with Crippen LogP contribution in [-0.2, 0) is 10.0 Å². The minimum absolute atomic E-state index is 0.381. The smallest absolute Gasteiger partial charge is 0.335 e. The van der Waals surface area contributed by atoms with Crippen LogP contribution in [0.25, 0.3) is 0 Å². The van der Waals surface area contributed by atoms with Crippen LogP contribution in [0.4, 0.5) is 8.78 Å². The lowest BCUT2D eigenvalue weighted by Crippen LogP contribution is -2.35. The largest absolute Gasteiger partial charge is 0.478 e. The maximum atomic E-state index is 13.4. The topological polar surface area (TPSA) is 104 Å². The molecule has 0 spiro atoms. The second kappa shape index (κ2) is 5.59. The number of sulfonamides is 1. The number of aromatic carboxylic acids is 1. The highest BCUT2D eigenvalue weighted by molar-refractivity contribution is 7.89. The summed E-state index contributed by atoms with van der Waals surface area (Å²) in [6.45, 7) is 0.745. The third-order valence-corrected chi connectivity index (χ3v) is 3.75. The average molecular weight is 295 g/mol. The Morgan fingerprint density at radius 2 is 2.00 bits per heavy atom. The number of carboxylic acids is 1. The van der Waals surface area contributed by atoms with E-state index >= 15 is 0 Å². The molecule has 0 unspecified atom stereocenters. The number of carboxylic acid groups (broad SMARTS) is 1. The zero-order chi connectivity index (χ0) is 14.8. The Kier molecular flexibility index (Phi) is 4.56. The predicted molar refractivity (Wildman–Crippen MR) is 60.2 cm³/mol. The molecule has 19 heavy (non-hydrogen) atoms. The minimum atomic E-state index is -4.47. The minimum Gasteiger partial charge on any atom is -0.478 e. The summed E-state index contributed by atoms with van der Waals surface area (Å²) in [5.74, 6) is -4.86. The Morgan fingerprint density at radius 3 is 2.47 bits per heavy atom. The average Bonchev–Trinajstić information content (AvgIpc) is 2.31. The predicted octanol–water partition coefficient (Wildman–Crippen LogP) is 0.322. The fraction of sp³-hybridized carbons (Fsp3) is 0.300. The van der Waals surface area contributed by atoms with Crippen molar-refractivity contribution in [1.29, 1.82) is 0 Å². The van der Waals surface area contributed by atoms with Crippen molar-refractivity contribution >= 4 is 16.0 Å². The van der Waals surface area contributed by atoms with Crippen molar-refractivity contribution in [2.45, 2.75) is 17.9 Å². The number of nitrogens with one attached hydrogen (secondary N) is 1. The third-order valence-electron chi connectivity index (χ3n) is 2.16. The lowest BCUT2D eigenvalue weighted by molar-refractivity contribution is 0.0696. The fourth-order valence-electron chi connectivity index (χ4n) is 1.25. The van der Waals surface area contributed by atoms with Crippen molar-refractivity contribution in [3.63, 3.8) is 0 Å². The van der Waals surface area contributed by atoms with Gasteiger partial charge in [0.1, 0.15) is 4.90 Å². The van der Waals surface area contributed by atoms with Crippen molar-refractivity contribution in [1.82, 2.24) is 4.72 Å². The molecule has 0 aliphatic carbocycles. The molecule has 6 nitrogen and oxygen atoms in total. The van der Waals surface area contributed by atoms with Gasteiger partial charge in [0.2, 0.25) is 10.0 Å². The van der Waals surface area contributed by atoms with Crippen LogP contribution in [0, 0.1) is 11.6 Å². The Labute approximate surface area is 107 Å². The number of carbonyl (C=O) groups is 1. The molecule has 1 aromatic rings. The Morgan fingerprint density at radius 1 is 1.42 bits per heavy atom. The Balaban J connectivity index is 3.37. The van der Waals surface area contributed by atoms with Crippen molar-refractivity contribution in [3.8, 4) is 0 Å².